The van der Waals surface area contributed by atoms with Crippen molar-refractivity contribution in [2.75, 3.05) is 26.3 Å². The molecule has 3 N–H and O–H groups in total. The molecule has 0 spiro atoms. The van der Waals surface area contributed by atoms with Crippen LogP contribution in [-0.2, 0) is 0 Å². The molecule has 134 valence electrons. The largest absolute Gasteiger partial charge is 0.486 e. The molecule has 7 heteroatoms. The summed E-state index contributed by atoms with van der Waals surface area (Å²) in [6, 6.07) is 9.35. The lowest BCUT2D eigenvalue weighted by atomic mass is 10.1. The van der Waals surface area contributed by atoms with Crippen molar-refractivity contribution in [1.29, 1.82) is 0 Å². The van der Waals surface area contributed by atoms with E-state index in [0.717, 1.165) is 0 Å². The van der Waals surface area contributed by atoms with Crippen molar-refractivity contribution in [3.05, 3.63) is 58.4 Å². The van der Waals surface area contributed by atoms with Crippen LogP contribution in [0.1, 0.15) is 23.3 Å². The first kappa shape index (κ1) is 17.9. The van der Waals surface area contributed by atoms with Crippen LogP contribution in [0.5, 0.6) is 11.5 Å². The van der Waals surface area contributed by atoms with E-state index in [2.05, 4.69) is 5.32 Å². The summed E-state index contributed by atoms with van der Waals surface area (Å²) in [4.78, 5) is 0. The Labute approximate surface area is 150 Å². The van der Waals surface area contributed by atoms with Crippen molar-refractivity contribution >= 4 is 11.6 Å². The standard InChI is InChI=1S/C18H19ClFNO4/c19-13-7-11(8-17-18(13)25-6-5-24-17)15(22)9-21-10-16(23)12-3-1-2-4-14(12)20/h1-4,7-8,15-16,21-23H,5-6,9-10H2. The second-order valence-electron chi connectivity index (χ2n) is 5.74. The number of hydrogen-bond donors (Lipinski definition) is 3. The van der Waals surface area contributed by atoms with Crippen LogP contribution in [0.3, 0.4) is 0 Å². The number of nitrogens with one attached hydrogen (secondary N) is 1. The van der Waals surface area contributed by atoms with Crippen molar-refractivity contribution in [2.45, 2.75) is 12.2 Å². The summed E-state index contributed by atoms with van der Waals surface area (Å²) in [6.07, 6.45) is -1.86. The minimum Gasteiger partial charge on any atom is -0.486 e. The fourth-order valence-corrected chi connectivity index (χ4v) is 2.93. The van der Waals surface area contributed by atoms with Crippen LogP contribution >= 0.6 is 11.6 Å². The molecule has 0 bridgehead atoms. The molecule has 1 aliphatic heterocycles. The van der Waals surface area contributed by atoms with E-state index >= 15 is 0 Å². The van der Waals surface area contributed by atoms with Crippen LogP contribution in [0.4, 0.5) is 4.39 Å². The molecule has 1 aliphatic rings. The molecule has 3 rings (SSSR count). The van der Waals surface area contributed by atoms with Gasteiger partial charge in [0.05, 0.1) is 17.2 Å². The number of ether oxygens (including phenoxy) is 2. The number of aliphatic hydroxyl groups is 2. The molecule has 0 radical (unpaired) electrons. The minimum atomic E-state index is -1.00. The molecule has 0 amide bonds. The highest BCUT2D eigenvalue weighted by atomic mass is 35.5. The number of aliphatic hydroxyl groups excluding tert-OH is 2. The zero-order chi connectivity index (χ0) is 17.8. The lowest BCUT2D eigenvalue weighted by Gasteiger charge is -2.22. The van der Waals surface area contributed by atoms with Gasteiger partial charge in [-0.2, -0.15) is 0 Å². The van der Waals surface area contributed by atoms with E-state index in [1.807, 2.05) is 0 Å². The average molecular weight is 368 g/mol. The third-order valence-corrected chi connectivity index (χ3v) is 4.22. The van der Waals surface area contributed by atoms with Gasteiger partial charge < -0.3 is 25.0 Å². The number of benzene rings is 2. The molecule has 1 heterocycles. The molecule has 0 aromatic heterocycles. The normalized spacial score (nSPS) is 15.7. The Morgan fingerprint density at radius 2 is 1.80 bits per heavy atom. The van der Waals surface area contributed by atoms with Crippen LogP contribution in [0.15, 0.2) is 36.4 Å². The van der Waals surface area contributed by atoms with Gasteiger partial charge in [-0.3, -0.25) is 0 Å². The summed E-state index contributed by atoms with van der Waals surface area (Å²) < 4.78 is 24.5. The van der Waals surface area contributed by atoms with Gasteiger partial charge in [0.15, 0.2) is 11.5 Å². The van der Waals surface area contributed by atoms with Crippen LogP contribution in [0.25, 0.3) is 0 Å². The number of rotatable bonds is 6. The maximum absolute atomic E-state index is 13.6. The Balaban J connectivity index is 1.59. The Hall–Kier alpha value is -1.86. The van der Waals surface area contributed by atoms with Crippen LogP contribution in [0, 0.1) is 5.82 Å². The van der Waals surface area contributed by atoms with E-state index in [4.69, 9.17) is 21.1 Å². The second kappa shape index (κ2) is 8.01. The van der Waals surface area contributed by atoms with E-state index in [1.165, 1.54) is 12.1 Å². The fraction of sp³-hybridized carbons (Fsp3) is 0.333. The molecule has 0 saturated heterocycles. The molecule has 0 aliphatic carbocycles. The van der Waals surface area contributed by atoms with E-state index in [-0.39, 0.29) is 18.7 Å². The van der Waals surface area contributed by atoms with Gasteiger partial charge in [-0.05, 0) is 23.8 Å². The van der Waals surface area contributed by atoms with Gasteiger partial charge >= 0.3 is 0 Å². The van der Waals surface area contributed by atoms with E-state index in [9.17, 15) is 14.6 Å². The average Bonchev–Trinajstić information content (AvgIpc) is 2.62. The lowest BCUT2D eigenvalue weighted by molar-refractivity contribution is 0.143. The van der Waals surface area contributed by atoms with Crippen LogP contribution < -0.4 is 14.8 Å². The van der Waals surface area contributed by atoms with Gasteiger partial charge in [0.1, 0.15) is 19.0 Å². The summed E-state index contributed by atoms with van der Waals surface area (Å²) in [5.41, 5.74) is 0.786. The highest BCUT2D eigenvalue weighted by Gasteiger charge is 2.20. The number of fused-ring (bicyclic) bond motifs is 1. The first-order valence-corrected chi connectivity index (χ1v) is 8.34. The van der Waals surface area contributed by atoms with Crippen molar-refractivity contribution in [3.63, 3.8) is 0 Å². The van der Waals surface area contributed by atoms with Crippen molar-refractivity contribution < 1.29 is 24.1 Å². The van der Waals surface area contributed by atoms with Gasteiger partial charge in [-0.25, -0.2) is 4.39 Å². The molecule has 0 saturated carbocycles. The van der Waals surface area contributed by atoms with Crippen LogP contribution in [0.2, 0.25) is 5.02 Å². The summed E-state index contributed by atoms with van der Waals surface area (Å²) in [6.45, 7) is 1.14. The Morgan fingerprint density at radius 1 is 1.08 bits per heavy atom. The van der Waals surface area contributed by atoms with Crippen molar-refractivity contribution in [2.24, 2.45) is 0 Å². The predicted molar refractivity (Wildman–Crippen MR) is 91.6 cm³/mol. The molecular formula is C18H19ClFNO4. The Kier molecular flexibility index (Phi) is 5.75. The van der Waals surface area contributed by atoms with Crippen LogP contribution in [-0.4, -0.2) is 36.5 Å². The first-order valence-electron chi connectivity index (χ1n) is 7.96. The van der Waals surface area contributed by atoms with Gasteiger partial charge in [0.2, 0.25) is 0 Å². The predicted octanol–water partition coefficient (Wildman–Crippen LogP) is 2.61. The highest BCUT2D eigenvalue weighted by Crippen LogP contribution is 2.39. The zero-order valence-corrected chi connectivity index (χ0v) is 14.2. The maximum Gasteiger partial charge on any atom is 0.179 e. The summed E-state index contributed by atoms with van der Waals surface area (Å²) in [5.74, 6) is 0.516. The summed E-state index contributed by atoms with van der Waals surface area (Å²) in [7, 11) is 0. The zero-order valence-electron chi connectivity index (χ0n) is 13.4. The third kappa shape index (κ3) is 4.22. The topological polar surface area (TPSA) is 71.0 Å². The molecule has 0 fully saturated rings. The molecule has 2 atom stereocenters. The second-order valence-corrected chi connectivity index (χ2v) is 6.15. The maximum atomic E-state index is 13.6. The third-order valence-electron chi connectivity index (χ3n) is 3.94. The molecule has 25 heavy (non-hydrogen) atoms. The molecule has 5 nitrogen and oxygen atoms in total. The van der Waals surface area contributed by atoms with E-state index < -0.39 is 18.0 Å². The number of hydrogen-bond acceptors (Lipinski definition) is 5. The quantitative estimate of drug-likeness (QED) is 0.732. The Bertz CT molecular complexity index is 743. The van der Waals surface area contributed by atoms with Gasteiger partial charge in [-0.15, -0.1) is 0 Å². The molecular weight excluding hydrogens is 349 g/mol. The SMILES string of the molecule is OC(CNCC(O)c1ccccc1F)c1cc(Cl)c2c(c1)OCCO2. The molecule has 2 unspecified atom stereocenters. The Morgan fingerprint density at radius 3 is 2.60 bits per heavy atom. The summed E-state index contributed by atoms with van der Waals surface area (Å²) in [5, 5.41) is 23.7. The monoisotopic (exact) mass is 367 g/mol. The van der Waals surface area contributed by atoms with Crippen molar-refractivity contribution in [3.8, 4) is 11.5 Å². The molecule has 2 aromatic rings. The lowest BCUT2D eigenvalue weighted by Crippen LogP contribution is -2.27. The molecule has 2 aromatic carbocycles. The van der Waals surface area contributed by atoms with Gasteiger partial charge in [0, 0.05) is 18.7 Å². The van der Waals surface area contributed by atoms with Crippen molar-refractivity contribution in [1.82, 2.24) is 5.32 Å². The smallest absolute Gasteiger partial charge is 0.179 e. The number of halogens is 2. The van der Waals surface area contributed by atoms with Gasteiger partial charge in [-0.1, -0.05) is 29.8 Å². The van der Waals surface area contributed by atoms with E-state index in [1.54, 1.807) is 24.3 Å². The first-order chi connectivity index (χ1) is 12.1. The fourth-order valence-electron chi connectivity index (χ4n) is 2.65. The van der Waals surface area contributed by atoms with E-state index in [0.29, 0.717) is 35.3 Å². The minimum absolute atomic E-state index is 0.107. The highest BCUT2D eigenvalue weighted by molar-refractivity contribution is 6.32. The summed E-state index contributed by atoms with van der Waals surface area (Å²) >= 11 is 6.16. The van der Waals surface area contributed by atoms with Gasteiger partial charge in [0.25, 0.3) is 0 Å².